The van der Waals surface area contributed by atoms with Gasteiger partial charge in [-0.2, -0.15) is 8.42 Å². The van der Waals surface area contributed by atoms with Crippen LogP contribution in [-0.4, -0.2) is 8.42 Å². The molecule has 0 unspecified atom stereocenters. The average Bonchev–Trinajstić information content (AvgIpc) is 0.918. The molecule has 5 heteroatoms. The van der Waals surface area contributed by atoms with Gasteiger partial charge in [0, 0.05) is 0 Å². The molecule has 6 N–H and O–H groups in total. The van der Waals surface area contributed by atoms with Crippen LogP contribution in [0.3, 0.4) is 0 Å². The second-order valence-corrected chi connectivity index (χ2v) is 0.204. The fraction of sp³-hybridized carbons (Fsp3) is 0. The molecule has 5 heavy (non-hydrogen) atoms. The van der Waals surface area contributed by atoms with Gasteiger partial charge in [-0.15, -0.1) is 0 Å². The van der Waals surface area contributed by atoms with Crippen molar-refractivity contribution in [2.75, 3.05) is 0 Å². The molecule has 0 bridgehead atoms. The SMILES string of the molecule is N.N.O=S=O. The van der Waals surface area contributed by atoms with Crippen molar-refractivity contribution in [1.29, 1.82) is 0 Å². The van der Waals surface area contributed by atoms with Crippen molar-refractivity contribution >= 4 is 11.6 Å². The molecule has 4 nitrogen and oxygen atoms in total. The lowest BCUT2D eigenvalue weighted by Gasteiger charge is -0.947. The largest absolute Gasteiger partial charge is 0.344 e. The van der Waals surface area contributed by atoms with Crippen molar-refractivity contribution in [2.24, 2.45) is 0 Å². The van der Waals surface area contributed by atoms with E-state index in [0.717, 1.165) is 0 Å². The van der Waals surface area contributed by atoms with E-state index in [-0.39, 0.29) is 12.3 Å². The van der Waals surface area contributed by atoms with Gasteiger partial charge in [-0.05, 0) is 0 Å². The van der Waals surface area contributed by atoms with Crippen LogP contribution in [0.15, 0.2) is 0 Å². The van der Waals surface area contributed by atoms with Gasteiger partial charge >= 0.3 is 11.6 Å². The lowest BCUT2D eigenvalue weighted by Crippen LogP contribution is -1.18. The second kappa shape index (κ2) is 51.3. The highest BCUT2D eigenvalue weighted by Gasteiger charge is 1.12. The number of hydrogen-bond acceptors (Lipinski definition) is 4. The standard InChI is InChI=1S/2H3N.O2S/c;;1-3-2/h2*1H3;. The van der Waals surface area contributed by atoms with Gasteiger partial charge in [0.05, 0.1) is 0 Å². The Kier molecular flexibility index (Phi) is 225. The van der Waals surface area contributed by atoms with Gasteiger partial charge in [-0.25, -0.2) is 0 Å². The first-order chi connectivity index (χ1) is 1.41. The summed E-state index contributed by atoms with van der Waals surface area (Å²) in [6, 6.07) is 0. The van der Waals surface area contributed by atoms with E-state index in [2.05, 4.69) is 0 Å². The molecule has 0 aromatic rings. The molecule has 0 spiro atoms. The summed E-state index contributed by atoms with van der Waals surface area (Å²) >= 11 is -0.750. The quantitative estimate of drug-likeness (QED) is 0.432. The fourth-order valence-electron chi connectivity index (χ4n) is 0. The summed E-state index contributed by atoms with van der Waals surface area (Å²) in [7, 11) is 0. The summed E-state index contributed by atoms with van der Waals surface area (Å²) < 4.78 is 16.6. The molecular weight excluding hydrogens is 92.1 g/mol. The van der Waals surface area contributed by atoms with Gasteiger partial charge in [0.2, 0.25) is 0 Å². The van der Waals surface area contributed by atoms with Crippen LogP contribution in [0.4, 0.5) is 0 Å². The molecular formula is H6N2O2S. The predicted molar refractivity (Wildman–Crippen MR) is 19.0 cm³/mol. The minimum atomic E-state index is -0.750. The Morgan fingerprint density at radius 1 is 1.00 bits per heavy atom. The average molecular weight is 98.1 g/mol. The van der Waals surface area contributed by atoms with Crippen molar-refractivity contribution in [3.63, 3.8) is 0 Å². The first-order valence-corrected chi connectivity index (χ1v) is 1.00. The van der Waals surface area contributed by atoms with Crippen LogP contribution in [-0.2, 0) is 11.6 Å². The number of rotatable bonds is 0. The first-order valence-electron chi connectivity index (χ1n) is 0.333. The fourth-order valence-corrected chi connectivity index (χ4v) is 0. The summed E-state index contributed by atoms with van der Waals surface area (Å²) in [6.07, 6.45) is 0. The summed E-state index contributed by atoms with van der Waals surface area (Å²) in [4.78, 5) is 0. The van der Waals surface area contributed by atoms with E-state index < -0.39 is 11.6 Å². The molecule has 0 aliphatic heterocycles. The first kappa shape index (κ1) is 21.9. The van der Waals surface area contributed by atoms with Gasteiger partial charge < -0.3 is 12.3 Å². The van der Waals surface area contributed by atoms with Gasteiger partial charge in [-0.3, -0.25) is 0 Å². The Bertz CT molecular complexity index is 28.6. The van der Waals surface area contributed by atoms with Crippen molar-refractivity contribution in [3.8, 4) is 0 Å². The van der Waals surface area contributed by atoms with E-state index in [0.29, 0.717) is 0 Å². The van der Waals surface area contributed by atoms with E-state index in [4.69, 9.17) is 8.42 Å². The van der Waals surface area contributed by atoms with Gasteiger partial charge in [0.15, 0.2) is 0 Å². The maximum atomic E-state index is 8.29. The molecule has 0 aliphatic rings. The molecule has 0 heterocycles. The summed E-state index contributed by atoms with van der Waals surface area (Å²) in [5.41, 5.74) is 0. The van der Waals surface area contributed by atoms with Crippen LogP contribution in [0, 0.1) is 0 Å². The van der Waals surface area contributed by atoms with Crippen molar-refractivity contribution in [3.05, 3.63) is 0 Å². The highest BCUT2D eigenvalue weighted by molar-refractivity contribution is 7.51. The highest BCUT2D eigenvalue weighted by atomic mass is 32.1. The van der Waals surface area contributed by atoms with Crippen LogP contribution >= 0.6 is 0 Å². The Morgan fingerprint density at radius 2 is 1.00 bits per heavy atom. The van der Waals surface area contributed by atoms with Crippen molar-refractivity contribution in [2.45, 2.75) is 0 Å². The zero-order chi connectivity index (χ0) is 2.71. The topological polar surface area (TPSA) is 104 Å². The highest BCUT2D eigenvalue weighted by Crippen LogP contribution is 0.846. The van der Waals surface area contributed by atoms with Crippen LogP contribution < -0.4 is 12.3 Å². The Balaban J connectivity index is -0.0000000200. The van der Waals surface area contributed by atoms with E-state index >= 15 is 0 Å². The van der Waals surface area contributed by atoms with Gasteiger partial charge in [-0.1, -0.05) is 0 Å². The van der Waals surface area contributed by atoms with Crippen molar-refractivity contribution < 1.29 is 8.42 Å². The molecule has 0 atom stereocenters. The molecule has 0 saturated heterocycles. The molecule has 0 radical (unpaired) electrons. The molecule has 34 valence electrons. The zero-order valence-electron chi connectivity index (χ0n) is 2.64. The normalized spacial score (nSPS) is 2.40. The monoisotopic (exact) mass is 98.0 g/mol. The smallest absolute Gasteiger partial charge is 0.335 e. The molecule has 0 aromatic carbocycles. The maximum absolute atomic E-state index is 8.29. The van der Waals surface area contributed by atoms with Gasteiger partial charge in [0.25, 0.3) is 0 Å². The molecule has 0 amide bonds. The van der Waals surface area contributed by atoms with Crippen LogP contribution in [0.25, 0.3) is 0 Å². The Labute approximate surface area is 33.3 Å². The van der Waals surface area contributed by atoms with E-state index in [1.165, 1.54) is 0 Å². The van der Waals surface area contributed by atoms with Crippen LogP contribution in [0.5, 0.6) is 0 Å². The summed E-state index contributed by atoms with van der Waals surface area (Å²) in [5.74, 6) is 0. The lowest BCUT2D eigenvalue weighted by atomic mass is 14.0. The zero-order valence-corrected chi connectivity index (χ0v) is 3.46. The third-order valence-corrected chi connectivity index (χ3v) is 0. The summed E-state index contributed by atoms with van der Waals surface area (Å²) in [6.45, 7) is 0. The number of hydrogen-bond donors (Lipinski definition) is 2. The summed E-state index contributed by atoms with van der Waals surface area (Å²) in [5, 5.41) is 0. The van der Waals surface area contributed by atoms with Crippen LogP contribution in [0.2, 0.25) is 0 Å². The maximum Gasteiger partial charge on any atom is 0.335 e. The van der Waals surface area contributed by atoms with Gasteiger partial charge in [0.1, 0.15) is 0 Å². The minimum Gasteiger partial charge on any atom is -0.344 e. The van der Waals surface area contributed by atoms with E-state index in [9.17, 15) is 0 Å². The molecule has 0 saturated carbocycles. The third kappa shape index (κ3) is 168. The Hall–Kier alpha value is -0.260. The Morgan fingerprint density at radius 3 is 1.00 bits per heavy atom. The lowest BCUT2D eigenvalue weighted by molar-refractivity contribution is 0.630. The second-order valence-electron chi connectivity index (χ2n) is 0.0680. The van der Waals surface area contributed by atoms with E-state index in [1.54, 1.807) is 0 Å². The van der Waals surface area contributed by atoms with Crippen molar-refractivity contribution in [1.82, 2.24) is 12.3 Å². The third-order valence-electron chi connectivity index (χ3n) is 0. The minimum absolute atomic E-state index is 0. The molecule has 0 aromatic heterocycles. The van der Waals surface area contributed by atoms with E-state index in [1.807, 2.05) is 0 Å². The predicted octanol–water partition coefficient (Wildman–Crippen LogP) is -0.346. The molecule has 0 aliphatic carbocycles. The van der Waals surface area contributed by atoms with Crippen LogP contribution in [0.1, 0.15) is 0 Å². The molecule has 0 fully saturated rings. The molecule has 0 rings (SSSR count).